The van der Waals surface area contributed by atoms with Crippen molar-refractivity contribution in [2.45, 2.75) is 34.1 Å². The van der Waals surface area contributed by atoms with Crippen LogP contribution in [0.2, 0.25) is 0 Å². The van der Waals surface area contributed by atoms with Gasteiger partial charge in [0.1, 0.15) is 5.58 Å². The molecule has 2 aromatic rings. The van der Waals surface area contributed by atoms with Crippen molar-refractivity contribution in [1.29, 1.82) is 0 Å². The van der Waals surface area contributed by atoms with Crippen molar-refractivity contribution in [3.63, 3.8) is 0 Å². The molecule has 1 saturated heterocycles. The maximum absolute atomic E-state index is 12.6. The van der Waals surface area contributed by atoms with E-state index in [1.165, 1.54) is 0 Å². The fourth-order valence-electron chi connectivity index (χ4n) is 3.81. The molecule has 0 unspecified atom stereocenters. The summed E-state index contributed by atoms with van der Waals surface area (Å²) in [5, 5.41) is 4.10. The van der Waals surface area contributed by atoms with Crippen LogP contribution in [-0.2, 0) is 0 Å². The second kappa shape index (κ2) is 8.23. The molecule has 0 spiro atoms. The van der Waals surface area contributed by atoms with Crippen LogP contribution in [0.4, 0.5) is 0 Å². The number of aryl methyl sites for hydroxylation is 3. The van der Waals surface area contributed by atoms with Crippen LogP contribution in [0.25, 0.3) is 11.0 Å². The fourth-order valence-corrected chi connectivity index (χ4v) is 3.81. The van der Waals surface area contributed by atoms with Crippen LogP contribution in [0.5, 0.6) is 0 Å². The Morgan fingerprint density at radius 2 is 1.73 bits per heavy atom. The zero-order chi connectivity index (χ0) is 18.7. The van der Waals surface area contributed by atoms with Gasteiger partial charge in [-0.1, -0.05) is 19.1 Å². The molecule has 5 nitrogen and oxygen atoms in total. The van der Waals surface area contributed by atoms with Gasteiger partial charge in [-0.2, -0.15) is 0 Å². The Kier molecular flexibility index (Phi) is 5.99. The summed E-state index contributed by atoms with van der Waals surface area (Å²) < 4.78 is 5.92. The number of benzene rings is 1. The Morgan fingerprint density at radius 1 is 1.08 bits per heavy atom. The number of nitrogens with zero attached hydrogens (tertiary/aromatic N) is 2. The first-order valence-electron chi connectivity index (χ1n) is 9.73. The van der Waals surface area contributed by atoms with E-state index in [9.17, 15) is 4.79 Å². The molecule has 1 aromatic heterocycles. The molecule has 1 aliphatic rings. The predicted molar refractivity (Wildman–Crippen MR) is 106 cm³/mol. The number of rotatable bonds is 6. The number of fused-ring (bicyclic) bond motifs is 1. The standard InChI is InChI=1S/C21H31N3O2/c1-5-23-11-13-24(14-12-23)10-6-9-22-21(25)20-17(4)18-15(2)7-8-16(3)19(18)26-20/h7-8H,5-6,9-14H2,1-4H3,(H,22,25). The monoisotopic (exact) mass is 357 g/mol. The lowest BCUT2D eigenvalue weighted by molar-refractivity contribution is 0.0922. The number of furan rings is 1. The number of hydrogen-bond donors (Lipinski definition) is 1. The minimum atomic E-state index is -0.103. The zero-order valence-corrected chi connectivity index (χ0v) is 16.5. The molecule has 0 saturated carbocycles. The Hall–Kier alpha value is -1.85. The average Bonchev–Trinajstić information content (AvgIpc) is 3.01. The van der Waals surface area contributed by atoms with Crippen LogP contribution in [0.1, 0.15) is 40.6 Å². The highest BCUT2D eigenvalue weighted by Crippen LogP contribution is 2.30. The maximum atomic E-state index is 12.6. The van der Waals surface area contributed by atoms with Gasteiger partial charge in [-0.25, -0.2) is 0 Å². The molecule has 1 N–H and O–H groups in total. The third kappa shape index (κ3) is 3.94. The van der Waals surface area contributed by atoms with Gasteiger partial charge in [-0.05, 0) is 51.4 Å². The summed E-state index contributed by atoms with van der Waals surface area (Å²) in [5.41, 5.74) is 3.99. The molecule has 1 aliphatic heterocycles. The van der Waals surface area contributed by atoms with Crippen molar-refractivity contribution in [2.75, 3.05) is 45.8 Å². The first kappa shape index (κ1) is 18.9. The minimum absolute atomic E-state index is 0.103. The summed E-state index contributed by atoms with van der Waals surface area (Å²) in [6.45, 7) is 15.7. The van der Waals surface area contributed by atoms with E-state index < -0.39 is 0 Å². The van der Waals surface area contributed by atoms with Gasteiger partial charge in [0.15, 0.2) is 5.76 Å². The highest BCUT2D eigenvalue weighted by atomic mass is 16.3. The number of nitrogens with one attached hydrogen (secondary N) is 1. The van der Waals surface area contributed by atoms with Crippen LogP contribution in [0.3, 0.4) is 0 Å². The third-order valence-corrected chi connectivity index (χ3v) is 5.54. The van der Waals surface area contributed by atoms with Gasteiger partial charge in [0, 0.05) is 43.7 Å². The summed E-state index contributed by atoms with van der Waals surface area (Å²) in [6, 6.07) is 4.13. The largest absolute Gasteiger partial charge is 0.450 e. The van der Waals surface area contributed by atoms with E-state index in [4.69, 9.17) is 4.42 Å². The number of piperazine rings is 1. The minimum Gasteiger partial charge on any atom is -0.450 e. The van der Waals surface area contributed by atoms with Gasteiger partial charge in [0.25, 0.3) is 5.91 Å². The maximum Gasteiger partial charge on any atom is 0.287 e. The molecule has 5 heteroatoms. The highest BCUT2D eigenvalue weighted by Gasteiger charge is 2.20. The molecular formula is C21H31N3O2. The summed E-state index contributed by atoms with van der Waals surface area (Å²) in [7, 11) is 0. The van der Waals surface area contributed by atoms with Gasteiger partial charge in [0.2, 0.25) is 0 Å². The lowest BCUT2D eigenvalue weighted by Crippen LogP contribution is -2.46. The molecule has 0 aliphatic carbocycles. The van der Waals surface area contributed by atoms with Crippen molar-refractivity contribution < 1.29 is 9.21 Å². The van der Waals surface area contributed by atoms with Gasteiger partial charge in [-0.3, -0.25) is 4.79 Å². The van der Waals surface area contributed by atoms with E-state index in [1.807, 2.05) is 19.9 Å². The molecule has 1 amide bonds. The van der Waals surface area contributed by atoms with Crippen LogP contribution < -0.4 is 5.32 Å². The SMILES string of the molecule is CCN1CCN(CCCNC(=O)c2oc3c(C)ccc(C)c3c2C)CC1. The van der Waals surface area contributed by atoms with E-state index in [-0.39, 0.29) is 5.91 Å². The van der Waals surface area contributed by atoms with Crippen molar-refractivity contribution in [1.82, 2.24) is 15.1 Å². The van der Waals surface area contributed by atoms with Gasteiger partial charge < -0.3 is 19.5 Å². The molecule has 0 radical (unpaired) electrons. The fraction of sp³-hybridized carbons (Fsp3) is 0.571. The Labute approximate surface area is 156 Å². The van der Waals surface area contributed by atoms with E-state index in [0.717, 1.165) is 73.3 Å². The first-order valence-corrected chi connectivity index (χ1v) is 9.73. The molecule has 26 heavy (non-hydrogen) atoms. The van der Waals surface area contributed by atoms with Crippen molar-refractivity contribution in [3.8, 4) is 0 Å². The lowest BCUT2D eigenvalue weighted by Gasteiger charge is -2.33. The van der Waals surface area contributed by atoms with Gasteiger partial charge >= 0.3 is 0 Å². The normalized spacial score (nSPS) is 16.3. The molecule has 0 bridgehead atoms. The van der Waals surface area contributed by atoms with Crippen LogP contribution in [-0.4, -0.2) is 61.5 Å². The van der Waals surface area contributed by atoms with E-state index in [2.05, 4.69) is 35.0 Å². The molecular weight excluding hydrogens is 326 g/mol. The van der Waals surface area contributed by atoms with Gasteiger partial charge in [-0.15, -0.1) is 0 Å². The number of amides is 1. The smallest absolute Gasteiger partial charge is 0.287 e. The van der Waals surface area contributed by atoms with E-state index in [0.29, 0.717) is 12.3 Å². The zero-order valence-electron chi connectivity index (χ0n) is 16.5. The van der Waals surface area contributed by atoms with Crippen molar-refractivity contribution in [3.05, 3.63) is 34.6 Å². The predicted octanol–water partition coefficient (Wildman–Crippen LogP) is 3.12. The van der Waals surface area contributed by atoms with E-state index in [1.54, 1.807) is 0 Å². The van der Waals surface area contributed by atoms with E-state index >= 15 is 0 Å². The first-order chi connectivity index (χ1) is 12.5. The summed E-state index contributed by atoms with van der Waals surface area (Å²) in [5.74, 6) is 0.349. The second-order valence-electron chi connectivity index (χ2n) is 7.35. The van der Waals surface area contributed by atoms with Crippen molar-refractivity contribution >= 4 is 16.9 Å². The van der Waals surface area contributed by atoms with Crippen LogP contribution >= 0.6 is 0 Å². The molecule has 1 aromatic carbocycles. The molecule has 142 valence electrons. The Bertz CT molecular complexity index is 773. The number of carbonyl (C=O) groups excluding carboxylic acids is 1. The summed E-state index contributed by atoms with van der Waals surface area (Å²) >= 11 is 0. The highest BCUT2D eigenvalue weighted by molar-refractivity contribution is 6.00. The topological polar surface area (TPSA) is 48.7 Å². The summed E-state index contributed by atoms with van der Waals surface area (Å²) in [4.78, 5) is 17.5. The lowest BCUT2D eigenvalue weighted by atomic mass is 10.0. The molecule has 1 fully saturated rings. The van der Waals surface area contributed by atoms with Crippen LogP contribution in [0.15, 0.2) is 16.5 Å². The Balaban J connectivity index is 1.53. The Morgan fingerprint density at radius 3 is 2.38 bits per heavy atom. The quantitative estimate of drug-likeness (QED) is 0.807. The number of carbonyl (C=O) groups is 1. The molecule has 3 rings (SSSR count). The number of likely N-dealkylation sites (N-methyl/N-ethyl adjacent to an activating group) is 1. The summed E-state index contributed by atoms with van der Waals surface area (Å²) in [6.07, 6.45) is 0.967. The molecule has 0 atom stereocenters. The molecule has 2 heterocycles. The third-order valence-electron chi connectivity index (χ3n) is 5.54. The van der Waals surface area contributed by atoms with Crippen LogP contribution in [0, 0.1) is 20.8 Å². The second-order valence-corrected chi connectivity index (χ2v) is 7.35. The van der Waals surface area contributed by atoms with Crippen molar-refractivity contribution in [2.24, 2.45) is 0 Å². The average molecular weight is 357 g/mol. The number of hydrogen-bond acceptors (Lipinski definition) is 4. The van der Waals surface area contributed by atoms with Gasteiger partial charge in [0.05, 0.1) is 0 Å².